The van der Waals surface area contributed by atoms with E-state index in [1.54, 1.807) is 11.9 Å². The molecule has 1 unspecified atom stereocenters. The van der Waals surface area contributed by atoms with Crippen molar-refractivity contribution in [2.45, 2.75) is 11.3 Å². The summed E-state index contributed by atoms with van der Waals surface area (Å²) in [7, 11) is 2.06. The van der Waals surface area contributed by atoms with Gasteiger partial charge in [0.2, 0.25) is 0 Å². The lowest BCUT2D eigenvalue weighted by atomic mass is 10.1. The molecule has 0 aliphatic carbocycles. The van der Waals surface area contributed by atoms with E-state index in [4.69, 9.17) is 5.73 Å². The minimum Gasteiger partial charge on any atom is -0.397 e. The molecule has 0 bridgehead atoms. The molecule has 122 valence electrons. The van der Waals surface area contributed by atoms with Gasteiger partial charge < -0.3 is 20.7 Å². The van der Waals surface area contributed by atoms with E-state index in [2.05, 4.69) is 58.4 Å². The Morgan fingerprint density at radius 3 is 2.78 bits per heavy atom. The molecular weight excluding hydrogens is 304 g/mol. The fraction of sp³-hybridized carbons (Fsp3) is 0.333. The molecule has 0 saturated carbocycles. The lowest BCUT2D eigenvalue weighted by Crippen LogP contribution is -2.17. The first kappa shape index (κ1) is 16.0. The molecule has 4 nitrogen and oxygen atoms in total. The van der Waals surface area contributed by atoms with Crippen molar-refractivity contribution in [2.75, 3.05) is 42.0 Å². The molecule has 5 heteroatoms. The number of nitrogens with two attached hydrogens (primary N) is 1. The second-order valence-electron chi connectivity index (χ2n) is 5.91. The molecular formula is C18H24N4S. The van der Waals surface area contributed by atoms with Crippen molar-refractivity contribution < 1.29 is 0 Å². The van der Waals surface area contributed by atoms with Crippen molar-refractivity contribution in [3.8, 4) is 0 Å². The zero-order chi connectivity index (χ0) is 16.1. The van der Waals surface area contributed by atoms with Crippen LogP contribution in [0, 0.1) is 5.92 Å². The molecule has 1 fully saturated rings. The number of hydrogen-bond donors (Lipinski definition) is 3. The van der Waals surface area contributed by atoms with Crippen molar-refractivity contribution in [1.29, 1.82) is 0 Å². The molecule has 0 amide bonds. The molecule has 1 heterocycles. The summed E-state index contributed by atoms with van der Waals surface area (Å²) in [5, 5.41) is 6.87. The molecule has 3 rings (SSSR count). The van der Waals surface area contributed by atoms with Crippen molar-refractivity contribution in [3.05, 3.63) is 48.5 Å². The van der Waals surface area contributed by atoms with Gasteiger partial charge in [0.05, 0.1) is 11.4 Å². The summed E-state index contributed by atoms with van der Waals surface area (Å²) in [5.41, 5.74) is 9.15. The third-order valence-electron chi connectivity index (χ3n) is 4.13. The molecule has 23 heavy (non-hydrogen) atoms. The fourth-order valence-electron chi connectivity index (χ4n) is 2.74. The Morgan fingerprint density at radius 2 is 2.09 bits per heavy atom. The van der Waals surface area contributed by atoms with Crippen LogP contribution in [-0.4, -0.2) is 26.7 Å². The van der Waals surface area contributed by atoms with Crippen LogP contribution < -0.4 is 20.7 Å². The van der Waals surface area contributed by atoms with Crippen LogP contribution in [0.3, 0.4) is 0 Å². The lowest BCUT2D eigenvalue weighted by molar-refractivity contribution is 0.615. The van der Waals surface area contributed by atoms with Gasteiger partial charge in [-0.1, -0.05) is 18.2 Å². The monoisotopic (exact) mass is 328 g/mol. The summed E-state index contributed by atoms with van der Waals surface area (Å²) in [6, 6.07) is 16.6. The summed E-state index contributed by atoms with van der Waals surface area (Å²) >= 11 is 1.69. The van der Waals surface area contributed by atoms with E-state index in [0.29, 0.717) is 5.92 Å². The topological polar surface area (TPSA) is 53.3 Å². The summed E-state index contributed by atoms with van der Waals surface area (Å²) in [6.07, 6.45) is 1.24. The minimum atomic E-state index is 0.699. The van der Waals surface area contributed by atoms with E-state index >= 15 is 0 Å². The molecule has 0 radical (unpaired) electrons. The van der Waals surface area contributed by atoms with E-state index in [0.717, 1.165) is 36.7 Å². The quantitative estimate of drug-likeness (QED) is 0.560. The van der Waals surface area contributed by atoms with Gasteiger partial charge in [-0.2, -0.15) is 0 Å². The van der Waals surface area contributed by atoms with E-state index in [-0.39, 0.29) is 0 Å². The SMILES string of the molecule is CN(Sc1ccccc1)c1ccc(NCC2CCNC2)c(N)c1. The van der Waals surface area contributed by atoms with Crippen molar-refractivity contribution in [2.24, 2.45) is 5.92 Å². The van der Waals surface area contributed by atoms with Gasteiger partial charge in [0.25, 0.3) is 0 Å². The number of nitrogens with zero attached hydrogens (tertiary/aromatic N) is 1. The highest BCUT2D eigenvalue weighted by Gasteiger charge is 2.14. The highest BCUT2D eigenvalue weighted by molar-refractivity contribution is 8.00. The first-order valence-electron chi connectivity index (χ1n) is 8.03. The Hall–Kier alpha value is -1.85. The molecule has 2 aromatic carbocycles. The number of hydrogen-bond acceptors (Lipinski definition) is 5. The summed E-state index contributed by atoms with van der Waals surface area (Å²) in [6.45, 7) is 3.20. The van der Waals surface area contributed by atoms with E-state index in [1.165, 1.54) is 11.3 Å². The molecule has 1 atom stereocenters. The average Bonchev–Trinajstić information content (AvgIpc) is 3.08. The van der Waals surface area contributed by atoms with Crippen LogP contribution in [0.25, 0.3) is 0 Å². The second-order valence-corrected chi connectivity index (χ2v) is 7.11. The van der Waals surface area contributed by atoms with Crippen LogP contribution >= 0.6 is 11.9 Å². The van der Waals surface area contributed by atoms with Gasteiger partial charge in [0, 0.05) is 24.2 Å². The summed E-state index contributed by atoms with van der Waals surface area (Å²) < 4.78 is 2.14. The van der Waals surface area contributed by atoms with E-state index in [1.807, 2.05) is 12.1 Å². The van der Waals surface area contributed by atoms with Gasteiger partial charge >= 0.3 is 0 Å². The molecule has 1 aliphatic rings. The Morgan fingerprint density at radius 1 is 1.26 bits per heavy atom. The standard InChI is InChI=1S/C18H24N4S/c1-22(23-16-5-3-2-4-6-16)15-7-8-18(17(19)11-15)21-13-14-9-10-20-12-14/h2-8,11,14,20-21H,9-10,12-13,19H2,1H3. The van der Waals surface area contributed by atoms with Crippen molar-refractivity contribution >= 4 is 29.0 Å². The highest BCUT2D eigenvalue weighted by atomic mass is 32.2. The molecule has 1 aliphatic heterocycles. The van der Waals surface area contributed by atoms with Crippen molar-refractivity contribution in [3.63, 3.8) is 0 Å². The maximum atomic E-state index is 6.22. The zero-order valence-corrected chi connectivity index (χ0v) is 14.3. The van der Waals surface area contributed by atoms with Gasteiger partial charge in [-0.05, 0) is 67.7 Å². The van der Waals surface area contributed by atoms with Crippen LogP contribution in [0.1, 0.15) is 6.42 Å². The lowest BCUT2D eigenvalue weighted by Gasteiger charge is -2.20. The smallest absolute Gasteiger partial charge is 0.0575 e. The van der Waals surface area contributed by atoms with Crippen LogP contribution in [0.5, 0.6) is 0 Å². The zero-order valence-electron chi connectivity index (χ0n) is 13.5. The third-order valence-corrected chi connectivity index (χ3v) is 5.10. The van der Waals surface area contributed by atoms with Gasteiger partial charge in [-0.15, -0.1) is 0 Å². The highest BCUT2D eigenvalue weighted by Crippen LogP contribution is 2.31. The van der Waals surface area contributed by atoms with Gasteiger partial charge in [-0.25, -0.2) is 0 Å². The first-order valence-corrected chi connectivity index (χ1v) is 8.80. The predicted octanol–water partition coefficient (Wildman–Crippen LogP) is 3.43. The van der Waals surface area contributed by atoms with Crippen molar-refractivity contribution in [1.82, 2.24) is 5.32 Å². The minimum absolute atomic E-state index is 0.699. The third kappa shape index (κ3) is 4.33. The Bertz CT molecular complexity index is 626. The van der Waals surface area contributed by atoms with Crippen LogP contribution in [-0.2, 0) is 0 Å². The second kappa shape index (κ2) is 7.62. The van der Waals surface area contributed by atoms with Crippen LogP contribution in [0.2, 0.25) is 0 Å². The average molecular weight is 328 g/mol. The Labute approximate surface area is 142 Å². The Kier molecular flexibility index (Phi) is 5.31. The van der Waals surface area contributed by atoms with Crippen LogP contribution in [0.4, 0.5) is 17.1 Å². The van der Waals surface area contributed by atoms with E-state index in [9.17, 15) is 0 Å². The summed E-state index contributed by atoms with van der Waals surface area (Å²) in [4.78, 5) is 1.21. The number of nitrogens with one attached hydrogen (secondary N) is 2. The molecule has 0 spiro atoms. The number of nitrogen functional groups attached to an aromatic ring is 1. The van der Waals surface area contributed by atoms with Gasteiger partial charge in [0.1, 0.15) is 0 Å². The van der Waals surface area contributed by atoms with E-state index < -0.39 is 0 Å². The molecule has 1 saturated heterocycles. The van der Waals surface area contributed by atoms with Crippen LogP contribution in [0.15, 0.2) is 53.4 Å². The Balaban J connectivity index is 1.61. The number of rotatable bonds is 6. The number of benzene rings is 2. The fourth-order valence-corrected chi connectivity index (χ4v) is 3.56. The molecule has 0 aromatic heterocycles. The first-order chi connectivity index (χ1) is 11.2. The molecule has 2 aromatic rings. The molecule has 4 N–H and O–H groups in total. The maximum Gasteiger partial charge on any atom is 0.0575 e. The predicted molar refractivity (Wildman–Crippen MR) is 101 cm³/mol. The normalized spacial score (nSPS) is 17.2. The maximum absolute atomic E-state index is 6.22. The van der Waals surface area contributed by atoms with Gasteiger partial charge in [0.15, 0.2) is 0 Å². The number of anilines is 3. The van der Waals surface area contributed by atoms with Gasteiger partial charge in [-0.3, -0.25) is 0 Å². The summed E-state index contributed by atoms with van der Waals surface area (Å²) in [5.74, 6) is 0.699. The largest absolute Gasteiger partial charge is 0.397 e.